The zero-order chi connectivity index (χ0) is 12.5. The molecule has 0 saturated heterocycles. The van der Waals surface area contributed by atoms with Crippen LogP contribution in [0.1, 0.15) is 12.6 Å². The lowest BCUT2D eigenvalue weighted by molar-refractivity contribution is -0.121. The maximum Gasteiger partial charge on any atom is 0.239 e. The molecular weight excluding hydrogens is 218 g/mol. The summed E-state index contributed by atoms with van der Waals surface area (Å²) in [6.45, 7) is 5.21. The van der Waals surface area contributed by atoms with E-state index in [1.165, 1.54) is 0 Å². The Hall–Kier alpha value is -1.33. The fourth-order valence-electron chi connectivity index (χ4n) is 1.56. The Labute approximate surface area is 102 Å². The molecule has 2 N–H and O–H groups in total. The lowest BCUT2D eigenvalue weighted by Crippen LogP contribution is -2.28. The molecule has 1 rings (SSSR count). The molecule has 0 radical (unpaired) electrons. The zero-order valence-corrected chi connectivity index (χ0v) is 10.5. The molecule has 0 unspecified atom stereocenters. The smallest absolute Gasteiger partial charge is 0.239 e. The first-order valence-corrected chi connectivity index (χ1v) is 5.88. The van der Waals surface area contributed by atoms with Crippen LogP contribution in [0.15, 0.2) is 18.3 Å². The van der Waals surface area contributed by atoms with Crippen molar-refractivity contribution in [1.29, 1.82) is 0 Å². The van der Waals surface area contributed by atoms with E-state index in [9.17, 15) is 4.79 Å². The Morgan fingerprint density at radius 2 is 2.35 bits per heavy atom. The van der Waals surface area contributed by atoms with Crippen molar-refractivity contribution in [1.82, 2.24) is 15.2 Å². The third-order valence-electron chi connectivity index (χ3n) is 2.40. The minimum absolute atomic E-state index is 0.0434. The van der Waals surface area contributed by atoms with Gasteiger partial charge in [-0.25, -0.2) is 0 Å². The van der Waals surface area contributed by atoms with Crippen LogP contribution in [0.4, 0.5) is 0 Å². The van der Waals surface area contributed by atoms with Gasteiger partial charge in [0.1, 0.15) is 6.54 Å². The van der Waals surface area contributed by atoms with Gasteiger partial charge in [0.15, 0.2) is 0 Å². The predicted molar refractivity (Wildman–Crippen MR) is 66.7 cm³/mol. The summed E-state index contributed by atoms with van der Waals surface area (Å²) in [7, 11) is 1.68. The summed E-state index contributed by atoms with van der Waals surface area (Å²) in [5.41, 5.74) is 1.10. The normalized spacial score (nSPS) is 10.5. The van der Waals surface area contributed by atoms with Crippen molar-refractivity contribution in [2.45, 2.75) is 20.0 Å². The molecule has 0 bridgehead atoms. The second kappa shape index (κ2) is 7.86. The van der Waals surface area contributed by atoms with Crippen LogP contribution >= 0.6 is 0 Å². The fourth-order valence-corrected chi connectivity index (χ4v) is 1.56. The molecule has 5 nitrogen and oxygen atoms in total. The fraction of sp³-hybridized carbons (Fsp3) is 0.583. The van der Waals surface area contributed by atoms with Gasteiger partial charge in [0.2, 0.25) is 5.91 Å². The molecule has 0 aliphatic carbocycles. The van der Waals surface area contributed by atoms with E-state index in [2.05, 4.69) is 10.6 Å². The highest BCUT2D eigenvalue weighted by Gasteiger charge is 2.04. The molecule has 0 aliphatic heterocycles. The van der Waals surface area contributed by atoms with Crippen molar-refractivity contribution in [3.8, 4) is 0 Å². The third-order valence-corrected chi connectivity index (χ3v) is 2.40. The molecule has 0 aliphatic rings. The Morgan fingerprint density at radius 3 is 3.06 bits per heavy atom. The van der Waals surface area contributed by atoms with Gasteiger partial charge >= 0.3 is 0 Å². The first-order chi connectivity index (χ1) is 8.27. The van der Waals surface area contributed by atoms with E-state index in [1.807, 2.05) is 29.8 Å². The molecule has 5 heteroatoms. The number of hydrogen-bond donors (Lipinski definition) is 2. The number of likely N-dealkylation sites (N-methyl/N-ethyl adjacent to an activating group) is 1. The van der Waals surface area contributed by atoms with Crippen LogP contribution in [0, 0.1) is 0 Å². The lowest BCUT2D eigenvalue weighted by atomic mass is 10.4. The average Bonchev–Trinajstić information content (AvgIpc) is 2.72. The van der Waals surface area contributed by atoms with Crippen LogP contribution in [0.5, 0.6) is 0 Å². The van der Waals surface area contributed by atoms with Gasteiger partial charge in [0, 0.05) is 38.6 Å². The van der Waals surface area contributed by atoms with E-state index < -0.39 is 0 Å². The molecule has 1 heterocycles. The van der Waals surface area contributed by atoms with Crippen LogP contribution in [0.3, 0.4) is 0 Å². The van der Waals surface area contributed by atoms with Crippen LogP contribution in [-0.4, -0.2) is 37.3 Å². The van der Waals surface area contributed by atoms with Crippen LogP contribution in [0.25, 0.3) is 0 Å². The van der Waals surface area contributed by atoms with E-state index in [-0.39, 0.29) is 5.91 Å². The van der Waals surface area contributed by atoms with Gasteiger partial charge in [-0.1, -0.05) is 0 Å². The summed E-state index contributed by atoms with van der Waals surface area (Å²) >= 11 is 0. The Kier molecular flexibility index (Phi) is 6.35. The molecular formula is C12H21N3O2. The summed E-state index contributed by atoms with van der Waals surface area (Å²) in [6.07, 6.45) is 1.92. The minimum atomic E-state index is 0.0434. The number of nitrogens with one attached hydrogen (secondary N) is 2. The number of carbonyl (C=O) groups is 1. The van der Waals surface area contributed by atoms with Gasteiger partial charge in [0.25, 0.3) is 0 Å². The quantitative estimate of drug-likeness (QED) is 0.644. The van der Waals surface area contributed by atoms with E-state index >= 15 is 0 Å². The molecule has 0 spiro atoms. The summed E-state index contributed by atoms with van der Waals surface area (Å²) < 4.78 is 6.90. The van der Waals surface area contributed by atoms with Gasteiger partial charge in [-0.2, -0.15) is 0 Å². The topological polar surface area (TPSA) is 55.3 Å². The molecule has 1 amide bonds. The van der Waals surface area contributed by atoms with Crippen molar-refractivity contribution < 1.29 is 9.53 Å². The highest BCUT2D eigenvalue weighted by atomic mass is 16.5. The highest BCUT2D eigenvalue weighted by Crippen LogP contribution is 2.01. The maximum absolute atomic E-state index is 11.5. The zero-order valence-electron chi connectivity index (χ0n) is 10.5. The van der Waals surface area contributed by atoms with Gasteiger partial charge in [-0.15, -0.1) is 0 Å². The van der Waals surface area contributed by atoms with Crippen LogP contribution in [0.2, 0.25) is 0 Å². The molecule has 1 aromatic rings. The van der Waals surface area contributed by atoms with Gasteiger partial charge < -0.3 is 19.9 Å². The number of carbonyl (C=O) groups excluding carboxylic acids is 1. The minimum Gasteiger partial charge on any atom is -0.383 e. The summed E-state index contributed by atoms with van der Waals surface area (Å²) in [5.74, 6) is 0.0434. The number of nitrogens with zero attached hydrogens (tertiary/aromatic N) is 1. The molecule has 1 aromatic heterocycles. The molecule has 17 heavy (non-hydrogen) atoms. The standard InChI is InChI=1S/C12H21N3O2/c1-3-14-12(16)10-15-7-4-5-11(15)9-13-6-8-17-2/h4-5,7,13H,3,6,8-10H2,1-2H3,(H,14,16). The average molecular weight is 239 g/mol. The van der Waals surface area contributed by atoms with E-state index in [1.54, 1.807) is 7.11 Å². The number of rotatable bonds is 8. The molecule has 0 aromatic carbocycles. The van der Waals surface area contributed by atoms with Gasteiger partial charge in [0.05, 0.1) is 6.61 Å². The predicted octanol–water partition coefficient (Wildman–Crippen LogP) is 0.360. The molecule has 0 fully saturated rings. The first-order valence-electron chi connectivity index (χ1n) is 5.88. The number of methoxy groups -OCH3 is 1. The van der Waals surface area contributed by atoms with Gasteiger partial charge in [-0.05, 0) is 19.1 Å². The van der Waals surface area contributed by atoms with Crippen molar-refractivity contribution in [3.63, 3.8) is 0 Å². The van der Waals surface area contributed by atoms with Crippen LogP contribution < -0.4 is 10.6 Å². The van der Waals surface area contributed by atoms with Crippen molar-refractivity contribution >= 4 is 5.91 Å². The Bertz CT molecular complexity index is 336. The molecule has 96 valence electrons. The van der Waals surface area contributed by atoms with Crippen molar-refractivity contribution in [2.24, 2.45) is 0 Å². The molecule has 0 saturated carbocycles. The van der Waals surface area contributed by atoms with E-state index in [0.29, 0.717) is 19.7 Å². The monoisotopic (exact) mass is 239 g/mol. The number of aromatic nitrogens is 1. The van der Waals surface area contributed by atoms with Crippen molar-refractivity contribution in [2.75, 3.05) is 26.8 Å². The van der Waals surface area contributed by atoms with Gasteiger partial charge in [-0.3, -0.25) is 4.79 Å². The molecule has 0 atom stereocenters. The highest BCUT2D eigenvalue weighted by molar-refractivity contribution is 5.75. The second-order valence-electron chi connectivity index (χ2n) is 3.75. The number of ether oxygens (including phenoxy) is 1. The third kappa shape index (κ3) is 5.01. The SMILES string of the molecule is CCNC(=O)Cn1cccc1CNCCOC. The second-order valence-corrected chi connectivity index (χ2v) is 3.75. The summed E-state index contributed by atoms with van der Waals surface area (Å²) in [6, 6.07) is 3.96. The summed E-state index contributed by atoms with van der Waals surface area (Å²) in [5, 5.41) is 6.04. The largest absolute Gasteiger partial charge is 0.383 e. The Balaban J connectivity index is 2.39. The van der Waals surface area contributed by atoms with Crippen LogP contribution in [-0.2, 0) is 22.6 Å². The maximum atomic E-state index is 11.5. The van der Waals surface area contributed by atoms with Crippen molar-refractivity contribution in [3.05, 3.63) is 24.0 Å². The van der Waals surface area contributed by atoms with E-state index in [4.69, 9.17) is 4.74 Å². The lowest BCUT2D eigenvalue weighted by Gasteiger charge is -2.09. The van der Waals surface area contributed by atoms with E-state index in [0.717, 1.165) is 18.8 Å². The summed E-state index contributed by atoms with van der Waals surface area (Å²) in [4.78, 5) is 11.5. The Morgan fingerprint density at radius 1 is 1.53 bits per heavy atom. The number of amides is 1. The number of hydrogen-bond acceptors (Lipinski definition) is 3. The first kappa shape index (κ1) is 13.7.